The van der Waals surface area contributed by atoms with Gasteiger partial charge in [-0.2, -0.15) is 0 Å². The summed E-state index contributed by atoms with van der Waals surface area (Å²) >= 11 is 6.00. The lowest BCUT2D eigenvalue weighted by Crippen LogP contribution is -2.36. The minimum atomic E-state index is -0.802. The van der Waals surface area contributed by atoms with Crippen molar-refractivity contribution in [2.75, 3.05) is 13.1 Å². The normalized spacial score (nSPS) is 19.2. The third-order valence-corrected chi connectivity index (χ3v) is 3.09. The van der Waals surface area contributed by atoms with E-state index in [-0.39, 0.29) is 25.4 Å². The topological polar surface area (TPSA) is 72.6 Å². The fourth-order valence-corrected chi connectivity index (χ4v) is 2.04. The molecule has 1 atom stereocenters. The molecule has 1 aromatic rings. The molecule has 1 heterocycles. The molecule has 2 rings (SSSR count). The molecule has 5 nitrogen and oxygen atoms in total. The number of hydrogen-bond donors (Lipinski definition) is 1. The summed E-state index contributed by atoms with van der Waals surface area (Å²) in [6.07, 6.45) is -1.16. The number of carbonyl (C=O) groups is 2. The summed E-state index contributed by atoms with van der Waals surface area (Å²) in [5, 5.41) is 0.554. The zero-order chi connectivity index (χ0) is 13.1. The molecule has 0 bridgehead atoms. The second-order valence-corrected chi connectivity index (χ2v) is 4.35. The Morgan fingerprint density at radius 2 is 2.06 bits per heavy atom. The maximum Gasteiger partial charge on any atom is 0.417 e. The third-order valence-electron chi connectivity index (χ3n) is 2.72. The summed E-state index contributed by atoms with van der Waals surface area (Å²) in [6, 6.07) is 7.15. The average molecular weight is 269 g/mol. The number of ether oxygens (including phenoxy) is 1. The largest absolute Gasteiger partial charge is 0.435 e. The summed E-state index contributed by atoms with van der Waals surface area (Å²) in [5.74, 6) is -0.356. The van der Waals surface area contributed by atoms with Gasteiger partial charge in [0.25, 0.3) is 5.91 Å². The number of nitrogens with zero attached hydrogens (tertiary/aromatic N) is 1. The highest BCUT2D eigenvalue weighted by Gasteiger charge is 2.40. The minimum Gasteiger partial charge on any atom is -0.435 e. The van der Waals surface area contributed by atoms with Crippen LogP contribution in [0, 0.1) is 0 Å². The molecule has 6 heteroatoms. The molecule has 1 saturated heterocycles. The Balaban J connectivity index is 2.10. The number of amides is 2. The Morgan fingerprint density at radius 3 is 2.72 bits per heavy atom. The predicted molar refractivity (Wildman–Crippen MR) is 66.2 cm³/mol. The van der Waals surface area contributed by atoms with Gasteiger partial charge in [0.1, 0.15) is 0 Å². The van der Waals surface area contributed by atoms with Crippen molar-refractivity contribution in [1.82, 2.24) is 4.90 Å². The van der Waals surface area contributed by atoms with Crippen LogP contribution < -0.4 is 5.73 Å². The van der Waals surface area contributed by atoms with Gasteiger partial charge in [-0.15, -0.1) is 0 Å². The van der Waals surface area contributed by atoms with Crippen molar-refractivity contribution in [2.45, 2.75) is 12.5 Å². The molecule has 0 aliphatic carbocycles. The molecule has 0 aromatic heterocycles. The summed E-state index contributed by atoms with van der Waals surface area (Å²) in [5.41, 5.74) is 6.11. The van der Waals surface area contributed by atoms with E-state index in [2.05, 4.69) is 0 Å². The SMILES string of the molecule is NCCN1C(=O)O[C@H](Cc2ccccc2Cl)C1=O. The summed E-state index contributed by atoms with van der Waals surface area (Å²) in [4.78, 5) is 24.4. The smallest absolute Gasteiger partial charge is 0.417 e. The molecular weight excluding hydrogens is 256 g/mol. The number of cyclic esters (lactones) is 1. The molecule has 0 saturated carbocycles. The first kappa shape index (κ1) is 12.9. The fourth-order valence-electron chi connectivity index (χ4n) is 1.82. The molecule has 0 radical (unpaired) electrons. The van der Waals surface area contributed by atoms with Crippen molar-refractivity contribution in [3.05, 3.63) is 34.9 Å². The van der Waals surface area contributed by atoms with Crippen LogP contribution in [0.2, 0.25) is 5.02 Å². The molecule has 1 fully saturated rings. The lowest BCUT2D eigenvalue weighted by Gasteiger charge is -2.09. The molecule has 1 aromatic carbocycles. The van der Waals surface area contributed by atoms with E-state index in [0.717, 1.165) is 10.5 Å². The molecule has 1 aliphatic rings. The summed E-state index contributed by atoms with van der Waals surface area (Å²) in [7, 11) is 0. The van der Waals surface area contributed by atoms with Crippen LogP contribution >= 0.6 is 11.6 Å². The number of benzene rings is 1. The van der Waals surface area contributed by atoms with Crippen molar-refractivity contribution in [1.29, 1.82) is 0 Å². The van der Waals surface area contributed by atoms with Crippen molar-refractivity contribution in [3.63, 3.8) is 0 Å². The number of halogens is 1. The van der Waals surface area contributed by atoms with Crippen molar-refractivity contribution < 1.29 is 14.3 Å². The minimum absolute atomic E-state index is 0.177. The predicted octanol–water partition coefficient (Wildman–Crippen LogP) is 1.19. The second-order valence-electron chi connectivity index (χ2n) is 3.95. The van der Waals surface area contributed by atoms with E-state index in [9.17, 15) is 9.59 Å². The Kier molecular flexibility index (Phi) is 3.84. The zero-order valence-corrected chi connectivity index (χ0v) is 10.4. The van der Waals surface area contributed by atoms with Crippen LogP contribution in [0.4, 0.5) is 4.79 Å². The maximum atomic E-state index is 11.9. The van der Waals surface area contributed by atoms with Crippen LogP contribution in [-0.2, 0) is 16.0 Å². The number of hydrogen-bond acceptors (Lipinski definition) is 4. The maximum absolute atomic E-state index is 11.9. The molecule has 0 spiro atoms. The van der Waals surface area contributed by atoms with Gasteiger partial charge in [0.2, 0.25) is 0 Å². The third kappa shape index (κ3) is 2.47. The number of rotatable bonds is 4. The van der Waals surface area contributed by atoms with E-state index in [0.29, 0.717) is 5.02 Å². The molecule has 2 amide bonds. The van der Waals surface area contributed by atoms with Crippen LogP contribution in [0.25, 0.3) is 0 Å². The van der Waals surface area contributed by atoms with Crippen molar-refractivity contribution >= 4 is 23.6 Å². The van der Waals surface area contributed by atoms with Crippen LogP contribution in [-0.4, -0.2) is 36.1 Å². The van der Waals surface area contributed by atoms with Crippen molar-refractivity contribution in [2.24, 2.45) is 5.73 Å². The fraction of sp³-hybridized carbons (Fsp3) is 0.333. The quantitative estimate of drug-likeness (QED) is 0.890. The monoisotopic (exact) mass is 268 g/mol. The Hall–Kier alpha value is -1.59. The number of nitrogens with two attached hydrogens (primary N) is 1. The standard InChI is InChI=1S/C12H13ClN2O3/c13-9-4-2-1-3-8(9)7-10-11(16)15(6-5-14)12(17)18-10/h1-4,10H,5-7,14H2/t10-/m1/s1. The molecule has 0 unspecified atom stereocenters. The van der Waals surface area contributed by atoms with Crippen molar-refractivity contribution in [3.8, 4) is 0 Å². The van der Waals surface area contributed by atoms with E-state index >= 15 is 0 Å². The number of carbonyl (C=O) groups excluding carboxylic acids is 2. The van der Waals surface area contributed by atoms with Gasteiger partial charge in [-0.3, -0.25) is 4.79 Å². The van der Waals surface area contributed by atoms with Gasteiger partial charge in [-0.05, 0) is 11.6 Å². The highest BCUT2D eigenvalue weighted by Crippen LogP contribution is 2.21. The van der Waals surface area contributed by atoms with Gasteiger partial charge in [-0.1, -0.05) is 29.8 Å². The van der Waals surface area contributed by atoms with Gasteiger partial charge >= 0.3 is 6.09 Å². The van der Waals surface area contributed by atoms with Gasteiger partial charge < -0.3 is 10.5 Å². The summed E-state index contributed by atoms with van der Waals surface area (Å²) in [6.45, 7) is 0.399. The van der Waals surface area contributed by atoms with E-state index in [1.165, 1.54) is 0 Å². The van der Waals surface area contributed by atoms with Gasteiger partial charge in [0.15, 0.2) is 6.10 Å². The van der Waals surface area contributed by atoms with Crippen LogP contribution in [0.1, 0.15) is 5.56 Å². The number of imide groups is 1. The zero-order valence-electron chi connectivity index (χ0n) is 9.64. The van der Waals surface area contributed by atoms with Crippen LogP contribution in [0.3, 0.4) is 0 Å². The second kappa shape index (κ2) is 5.37. The summed E-state index contributed by atoms with van der Waals surface area (Å²) < 4.78 is 5.02. The molecule has 18 heavy (non-hydrogen) atoms. The van der Waals surface area contributed by atoms with E-state index in [1.54, 1.807) is 18.2 Å². The van der Waals surface area contributed by atoms with Crippen LogP contribution in [0.5, 0.6) is 0 Å². The highest BCUT2D eigenvalue weighted by molar-refractivity contribution is 6.31. The molecular formula is C12H13ClN2O3. The highest BCUT2D eigenvalue weighted by atomic mass is 35.5. The van der Waals surface area contributed by atoms with Crippen LogP contribution in [0.15, 0.2) is 24.3 Å². The lowest BCUT2D eigenvalue weighted by atomic mass is 10.1. The molecule has 96 valence electrons. The molecule has 1 aliphatic heterocycles. The Bertz CT molecular complexity index is 478. The lowest BCUT2D eigenvalue weighted by molar-refractivity contribution is -0.129. The van der Waals surface area contributed by atoms with Gasteiger partial charge in [0, 0.05) is 24.5 Å². The van der Waals surface area contributed by atoms with E-state index in [4.69, 9.17) is 22.1 Å². The Labute approximate surface area is 109 Å². The first-order valence-corrected chi connectivity index (χ1v) is 5.96. The van der Waals surface area contributed by atoms with Gasteiger partial charge in [-0.25, -0.2) is 9.69 Å². The van der Waals surface area contributed by atoms with Gasteiger partial charge in [0.05, 0.1) is 0 Å². The first-order chi connectivity index (χ1) is 8.63. The Morgan fingerprint density at radius 1 is 1.33 bits per heavy atom. The average Bonchev–Trinajstić information content (AvgIpc) is 2.60. The first-order valence-electron chi connectivity index (χ1n) is 5.59. The van der Waals surface area contributed by atoms with E-state index in [1.807, 2.05) is 6.07 Å². The molecule has 2 N–H and O–H groups in total. The van der Waals surface area contributed by atoms with E-state index < -0.39 is 12.2 Å².